The molecular formula is C17H11F9N2OS. The van der Waals surface area contributed by atoms with Gasteiger partial charge < -0.3 is 10.1 Å². The Labute approximate surface area is 169 Å². The van der Waals surface area contributed by atoms with Crippen LogP contribution in [0, 0.1) is 11.3 Å². The van der Waals surface area contributed by atoms with Gasteiger partial charge in [0.25, 0.3) is 6.43 Å². The van der Waals surface area contributed by atoms with Gasteiger partial charge in [0.2, 0.25) is 5.60 Å². The molecule has 0 saturated carbocycles. The Hall–Kier alpha value is -2.49. The zero-order valence-electron chi connectivity index (χ0n) is 14.5. The lowest BCUT2D eigenvalue weighted by atomic mass is 9.94. The van der Waals surface area contributed by atoms with Gasteiger partial charge in [-0.15, -0.1) is 0 Å². The van der Waals surface area contributed by atoms with Crippen LogP contribution in [-0.4, -0.2) is 35.7 Å². The van der Waals surface area contributed by atoms with Crippen LogP contribution in [-0.2, 0) is 5.92 Å². The third-order valence-corrected chi connectivity index (χ3v) is 4.58. The van der Waals surface area contributed by atoms with Crippen LogP contribution in [0.4, 0.5) is 39.5 Å². The third kappa shape index (κ3) is 3.92. The van der Waals surface area contributed by atoms with Crippen molar-refractivity contribution in [3.63, 3.8) is 0 Å². The van der Waals surface area contributed by atoms with E-state index < -0.39 is 51.9 Å². The minimum Gasteiger partial charge on any atom is -0.469 e. The summed E-state index contributed by atoms with van der Waals surface area (Å²) in [4.78, 5) is -0.535. The molecule has 1 unspecified atom stereocenters. The molecule has 0 saturated heterocycles. The molecule has 1 heterocycles. The molecule has 1 atom stereocenters. The summed E-state index contributed by atoms with van der Waals surface area (Å²) >= 11 is 4.86. The van der Waals surface area contributed by atoms with Crippen LogP contribution in [0.1, 0.15) is 17.5 Å². The Kier molecular flexibility index (Phi) is 6.32. The molecule has 1 aliphatic rings. The maximum atomic E-state index is 13.9. The van der Waals surface area contributed by atoms with E-state index in [4.69, 9.17) is 22.2 Å². The fourth-order valence-electron chi connectivity index (χ4n) is 2.46. The van der Waals surface area contributed by atoms with Crippen molar-refractivity contribution in [1.29, 1.82) is 5.26 Å². The van der Waals surface area contributed by atoms with E-state index in [1.807, 2.05) is 0 Å². The van der Waals surface area contributed by atoms with Crippen molar-refractivity contribution in [3.8, 4) is 11.8 Å². The van der Waals surface area contributed by atoms with E-state index in [0.29, 0.717) is 12.1 Å². The molecule has 0 amide bonds. The van der Waals surface area contributed by atoms with Gasteiger partial charge in [-0.1, -0.05) is 18.3 Å². The minimum atomic E-state index is -6.52. The number of ether oxygens (including phenoxy) is 1. The number of nitriles is 1. The first-order valence-corrected chi connectivity index (χ1v) is 8.40. The van der Waals surface area contributed by atoms with E-state index in [1.54, 1.807) is 6.07 Å². The number of nitrogens with zero attached hydrogens (tertiary/aromatic N) is 1. The van der Waals surface area contributed by atoms with Crippen LogP contribution in [0.15, 0.2) is 24.3 Å². The Balaban J connectivity index is 2.41. The van der Waals surface area contributed by atoms with Gasteiger partial charge in [-0.3, -0.25) is 0 Å². The van der Waals surface area contributed by atoms with Crippen molar-refractivity contribution >= 4 is 23.3 Å². The van der Waals surface area contributed by atoms with Gasteiger partial charge in [0, 0.05) is 17.7 Å². The summed E-state index contributed by atoms with van der Waals surface area (Å²) in [7, 11) is 0. The monoisotopic (exact) mass is 462 g/mol. The first-order valence-electron chi connectivity index (χ1n) is 7.99. The highest BCUT2D eigenvalue weighted by atomic mass is 32.1. The number of hydrogen-bond acceptors (Lipinski definition) is 3. The molecule has 0 spiro atoms. The summed E-state index contributed by atoms with van der Waals surface area (Å²) in [6.45, 7) is -0.0917. The van der Waals surface area contributed by atoms with Crippen molar-refractivity contribution in [2.24, 2.45) is 0 Å². The zero-order chi connectivity index (χ0) is 23.0. The van der Waals surface area contributed by atoms with Crippen molar-refractivity contribution < 1.29 is 44.3 Å². The van der Waals surface area contributed by atoms with Gasteiger partial charge in [-0.25, -0.2) is 8.78 Å². The Morgan fingerprint density at radius 3 is 2.33 bits per heavy atom. The lowest BCUT2D eigenvalue weighted by Crippen LogP contribution is -2.55. The summed E-state index contributed by atoms with van der Waals surface area (Å²) in [5.74, 6) is -12.5. The summed E-state index contributed by atoms with van der Waals surface area (Å²) < 4.78 is 124. The van der Waals surface area contributed by atoms with Crippen molar-refractivity contribution in [2.75, 3.05) is 6.54 Å². The van der Waals surface area contributed by atoms with Crippen molar-refractivity contribution in [2.45, 2.75) is 36.5 Å². The average molecular weight is 462 g/mol. The molecule has 2 rings (SSSR count). The van der Waals surface area contributed by atoms with Crippen LogP contribution in [0.25, 0.3) is 6.08 Å². The average Bonchev–Trinajstić information content (AvgIpc) is 2.65. The van der Waals surface area contributed by atoms with Gasteiger partial charge in [-0.05, 0) is 24.3 Å². The molecule has 0 radical (unpaired) electrons. The summed E-state index contributed by atoms with van der Waals surface area (Å²) in [5.41, 5.74) is -4.66. The van der Waals surface area contributed by atoms with Crippen LogP contribution in [0.5, 0.6) is 5.75 Å². The molecular weight excluding hydrogens is 451 g/mol. The predicted molar refractivity (Wildman–Crippen MR) is 90.6 cm³/mol. The van der Waals surface area contributed by atoms with E-state index in [1.165, 1.54) is 0 Å². The molecule has 3 nitrogen and oxygen atoms in total. The van der Waals surface area contributed by atoms with E-state index in [-0.39, 0.29) is 25.1 Å². The number of thiocarbonyl (C=S) groups is 1. The lowest BCUT2D eigenvalue weighted by molar-refractivity contribution is -0.359. The SMILES string of the molecule is N#CCCNC(=S)C1(C(F)F)C=Cc2cc(C(F)(F)C(F)(F)C(F)(F)F)ccc2O1. The molecule has 0 fully saturated rings. The summed E-state index contributed by atoms with van der Waals surface area (Å²) in [6, 6.07) is 2.83. The number of alkyl halides is 9. The smallest absolute Gasteiger partial charge is 0.460 e. The van der Waals surface area contributed by atoms with Crippen molar-refractivity contribution in [3.05, 3.63) is 35.4 Å². The van der Waals surface area contributed by atoms with Gasteiger partial charge >= 0.3 is 18.0 Å². The first kappa shape index (κ1) is 23.8. The second-order valence-corrected chi connectivity index (χ2v) is 6.50. The maximum absolute atomic E-state index is 13.9. The van der Waals surface area contributed by atoms with Gasteiger partial charge in [0.05, 0.1) is 12.5 Å². The standard InChI is InChI=1S/C17H11F9N2OS/c18-12(19)14(13(30)28-7-1-6-27)5-4-9-8-10(2-3-11(9)29-14)15(20,21)16(22,23)17(24,25)26/h2-5,8,12H,1,7H2,(H,28,30). The number of rotatable bonds is 6. The normalized spacial score (nSPS) is 19.1. The largest absolute Gasteiger partial charge is 0.469 e. The number of halogens is 9. The van der Waals surface area contributed by atoms with E-state index >= 15 is 0 Å². The van der Waals surface area contributed by atoms with Crippen molar-refractivity contribution in [1.82, 2.24) is 5.32 Å². The Morgan fingerprint density at radius 2 is 1.80 bits per heavy atom. The molecule has 1 aliphatic heterocycles. The Bertz CT molecular complexity index is 892. The van der Waals surface area contributed by atoms with Gasteiger partial charge in [0.1, 0.15) is 10.7 Å². The highest BCUT2D eigenvalue weighted by Gasteiger charge is 2.73. The molecule has 0 aromatic heterocycles. The van der Waals surface area contributed by atoms with Crippen LogP contribution in [0.3, 0.4) is 0 Å². The van der Waals surface area contributed by atoms with Crippen LogP contribution < -0.4 is 10.1 Å². The highest BCUT2D eigenvalue weighted by molar-refractivity contribution is 7.80. The maximum Gasteiger partial charge on any atom is 0.460 e. The molecule has 1 aromatic carbocycles. The summed E-state index contributed by atoms with van der Waals surface area (Å²) in [6.07, 6.45) is -8.39. The van der Waals surface area contributed by atoms with Crippen LogP contribution >= 0.6 is 12.2 Å². The molecule has 164 valence electrons. The van der Waals surface area contributed by atoms with E-state index in [9.17, 15) is 39.5 Å². The van der Waals surface area contributed by atoms with Gasteiger partial charge in [-0.2, -0.15) is 36.0 Å². The fourth-order valence-corrected chi connectivity index (χ4v) is 2.77. The fraction of sp³-hybridized carbons (Fsp3) is 0.412. The molecule has 1 aromatic rings. The molecule has 30 heavy (non-hydrogen) atoms. The first-order chi connectivity index (χ1) is 13.7. The molecule has 0 bridgehead atoms. The second kappa shape index (κ2) is 7.98. The topological polar surface area (TPSA) is 45.0 Å². The third-order valence-electron chi connectivity index (χ3n) is 4.11. The quantitative estimate of drug-likeness (QED) is 0.358. The Morgan fingerprint density at radius 1 is 1.17 bits per heavy atom. The second-order valence-electron chi connectivity index (χ2n) is 6.09. The predicted octanol–water partition coefficient (Wildman–Crippen LogP) is 5.22. The summed E-state index contributed by atoms with van der Waals surface area (Å²) in [5, 5.41) is 10.9. The molecule has 1 N–H and O–H groups in total. The van der Waals surface area contributed by atoms with Crippen LogP contribution in [0.2, 0.25) is 0 Å². The van der Waals surface area contributed by atoms with Gasteiger partial charge in [0.15, 0.2) is 0 Å². The number of nitrogens with one attached hydrogen (secondary N) is 1. The molecule has 0 aliphatic carbocycles. The number of hydrogen-bond donors (Lipinski definition) is 1. The lowest BCUT2D eigenvalue weighted by Gasteiger charge is -2.35. The van der Waals surface area contributed by atoms with E-state index in [0.717, 1.165) is 6.08 Å². The number of fused-ring (bicyclic) bond motifs is 1. The molecule has 13 heteroatoms. The number of benzene rings is 1. The minimum absolute atomic E-state index is 0.0778. The van der Waals surface area contributed by atoms with E-state index in [2.05, 4.69) is 5.32 Å². The highest BCUT2D eigenvalue weighted by Crippen LogP contribution is 2.52. The zero-order valence-corrected chi connectivity index (χ0v) is 15.4.